The van der Waals surface area contributed by atoms with Gasteiger partial charge in [-0.05, 0) is 30.0 Å². The predicted molar refractivity (Wildman–Crippen MR) is 80.0 cm³/mol. The quantitative estimate of drug-likeness (QED) is 0.478. The van der Waals surface area contributed by atoms with Crippen molar-refractivity contribution in [3.63, 3.8) is 0 Å². The molecule has 0 heterocycles. The van der Waals surface area contributed by atoms with Crippen molar-refractivity contribution in [3.8, 4) is 0 Å². The van der Waals surface area contributed by atoms with E-state index < -0.39 is 18.0 Å². The van der Waals surface area contributed by atoms with Crippen LogP contribution in [0.4, 0.5) is 4.79 Å². The molecular weight excluding hydrogens is 294 g/mol. The molecule has 0 aliphatic rings. The van der Waals surface area contributed by atoms with Crippen LogP contribution in [0.3, 0.4) is 0 Å². The summed E-state index contributed by atoms with van der Waals surface area (Å²) in [7, 11) is 0. The number of nitrogens with one attached hydrogen (secondary N) is 3. The fraction of sp³-hybridized carbons (Fsp3) is 0.429. The minimum absolute atomic E-state index is 0.195. The van der Waals surface area contributed by atoms with Crippen molar-refractivity contribution in [2.75, 3.05) is 0 Å². The van der Waals surface area contributed by atoms with Crippen molar-refractivity contribution in [2.45, 2.75) is 32.9 Å². The van der Waals surface area contributed by atoms with Crippen LogP contribution < -0.4 is 16.1 Å². The number of rotatable bonds is 6. The Hall–Kier alpha value is -1.79. The largest absolute Gasteiger partial charge is 0.334 e. The van der Waals surface area contributed by atoms with Gasteiger partial charge in [-0.2, -0.15) is 0 Å². The lowest BCUT2D eigenvalue weighted by atomic mass is 10.0. The monoisotopic (exact) mass is 313 g/mol. The molecule has 4 N–H and O–H groups in total. The number of carbonyl (C=O) groups excluding carboxylic acids is 2. The fourth-order valence-electron chi connectivity index (χ4n) is 1.82. The van der Waals surface area contributed by atoms with Crippen LogP contribution in [0, 0.1) is 5.92 Å². The zero-order valence-corrected chi connectivity index (χ0v) is 12.8. The predicted octanol–water partition coefficient (Wildman–Crippen LogP) is 2.06. The summed E-state index contributed by atoms with van der Waals surface area (Å²) in [4.78, 5) is 23.3. The third-order valence-corrected chi connectivity index (χ3v) is 3.02. The standard InChI is InChI=1S/C14H20ClN3O3/c1-9(2)6-12(13(19)18-21)17-14(20)16-8-10-4-3-5-11(15)7-10/h3-5,7,9,12,21H,6,8H2,1-2H3,(H,18,19)(H2,16,17,20)/t12-/m0/s1. The molecule has 0 saturated carbocycles. The number of benzene rings is 1. The Morgan fingerprint density at radius 1 is 1.33 bits per heavy atom. The third-order valence-electron chi connectivity index (χ3n) is 2.78. The van der Waals surface area contributed by atoms with Crippen LogP contribution in [-0.4, -0.2) is 23.2 Å². The summed E-state index contributed by atoms with van der Waals surface area (Å²) in [6.07, 6.45) is 0.428. The number of hydroxylamine groups is 1. The summed E-state index contributed by atoms with van der Waals surface area (Å²) >= 11 is 5.85. The number of carbonyl (C=O) groups is 2. The summed E-state index contributed by atoms with van der Waals surface area (Å²) in [5, 5.41) is 14.4. The first-order valence-electron chi connectivity index (χ1n) is 6.65. The first kappa shape index (κ1) is 17.3. The van der Waals surface area contributed by atoms with Crippen LogP contribution in [0.2, 0.25) is 5.02 Å². The molecule has 0 fully saturated rings. The Bertz CT molecular complexity index is 494. The van der Waals surface area contributed by atoms with Gasteiger partial charge in [0.05, 0.1) is 0 Å². The van der Waals surface area contributed by atoms with Gasteiger partial charge in [-0.25, -0.2) is 10.3 Å². The first-order valence-corrected chi connectivity index (χ1v) is 7.03. The molecule has 0 radical (unpaired) electrons. The van der Waals surface area contributed by atoms with Gasteiger partial charge in [0.2, 0.25) is 0 Å². The zero-order valence-electron chi connectivity index (χ0n) is 12.0. The van der Waals surface area contributed by atoms with Crippen molar-refractivity contribution in [2.24, 2.45) is 5.92 Å². The minimum Gasteiger partial charge on any atom is -0.334 e. The van der Waals surface area contributed by atoms with E-state index in [1.54, 1.807) is 23.7 Å². The highest BCUT2D eigenvalue weighted by Gasteiger charge is 2.21. The average Bonchev–Trinajstić information content (AvgIpc) is 2.43. The van der Waals surface area contributed by atoms with Gasteiger partial charge < -0.3 is 10.6 Å². The SMILES string of the molecule is CC(C)C[C@H](NC(=O)NCc1cccc(Cl)c1)C(=O)NO. The van der Waals surface area contributed by atoms with E-state index in [9.17, 15) is 9.59 Å². The molecule has 1 rings (SSSR count). The molecule has 1 aromatic carbocycles. The van der Waals surface area contributed by atoms with Crippen molar-refractivity contribution >= 4 is 23.5 Å². The van der Waals surface area contributed by atoms with Crippen LogP contribution in [0.1, 0.15) is 25.8 Å². The van der Waals surface area contributed by atoms with E-state index in [1.165, 1.54) is 0 Å². The van der Waals surface area contributed by atoms with Crippen molar-refractivity contribution in [3.05, 3.63) is 34.9 Å². The zero-order chi connectivity index (χ0) is 15.8. The lowest BCUT2D eigenvalue weighted by molar-refractivity contribution is -0.131. The fourth-order valence-corrected chi connectivity index (χ4v) is 2.03. The molecule has 0 aromatic heterocycles. The lowest BCUT2D eigenvalue weighted by Gasteiger charge is -2.18. The highest BCUT2D eigenvalue weighted by atomic mass is 35.5. The topological polar surface area (TPSA) is 90.5 Å². The number of amides is 3. The second kappa shape index (κ2) is 8.49. The molecule has 6 nitrogen and oxygen atoms in total. The van der Waals surface area contributed by atoms with E-state index in [0.29, 0.717) is 18.0 Å². The molecular formula is C14H20ClN3O3. The molecule has 0 unspecified atom stereocenters. The maximum atomic E-state index is 11.8. The Morgan fingerprint density at radius 3 is 2.62 bits per heavy atom. The smallest absolute Gasteiger partial charge is 0.315 e. The summed E-state index contributed by atoms with van der Waals surface area (Å²) in [6, 6.07) is 5.85. The van der Waals surface area contributed by atoms with E-state index in [4.69, 9.17) is 16.8 Å². The van der Waals surface area contributed by atoms with Crippen molar-refractivity contribution in [1.82, 2.24) is 16.1 Å². The van der Waals surface area contributed by atoms with E-state index in [-0.39, 0.29) is 5.92 Å². The summed E-state index contributed by atoms with van der Waals surface area (Å²) in [6.45, 7) is 4.13. The Kier molecular flexibility index (Phi) is 6.98. The molecule has 0 aliphatic heterocycles. The van der Waals surface area contributed by atoms with Gasteiger partial charge in [-0.1, -0.05) is 37.6 Å². The highest BCUT2D eigenvalue weighted by Crippen LogP contribution is 2.10. The molecule has 0 bridgehead atoms. The summed E-state index contributed by atoms with van der Waals surface area (Å²) < 4.78 is 0. The molecule has 21 heavy (non-hydrogen) atoms. The lowest BCUT2D eigenvalue weighted by Crippen LogP contribution is -2.49. The average molecular weight is 314 g/mol. The number of halogens is 1. The second-order valence-corrected chi connectivity index (χ2v) is 5.55. The van der Waals surface area contributed by atoms with E-state index in [1.807, 2.05) is 19.9 Å². The summed E-state index contributed by atoms with van der Waals surface area (Å²) in [5.41, 5.74) is 2.41. The Balaban J connectivity index is 2.51. The van der Waals surface area contributed by atoms with E-state index in [2.05, 4.69) is 10.6 Å². The maximum Gasteiger partial charge on any atom is 0.315 e. The van der Waals surface area contributed by atoms with Crippen LogP contribution in [0.5, 0.6) is 0 Å². The van der Waals surface area contributed by atoms with Gasteiger partial charge in [0.15, 0.2) is 0 Å². The van der Waals surface area contributed by atoms with E-state index in [0.717, 1.165) is 5.56 Å². The molecule has 1 atom stereocenters. The molecule has 1 aromatic rings. The van der Waals surface area contributed by atoms with Crippen molar-refractivity contribution < 1.29 is 14.8 Å². The Labute approximate surface area is 128 Å². The van der Waals surface area contributed by atoms with Gasteiger partial charge in [0, 0.05) is 11.6 Å². The van der Waals surface area contributed by atoms with Gasteiger partial charge >= 0.3 is 6.03 Å². The van der Waals surface area contributed by atoms with Crippen molar-refractivity contribution in [1.29, 1.82) is 0 Å². The minimum atomic E-state index is -0.783. The number of hydrogen-bond donors (Lipinski definition) is 4. The molecule has 0 spiro atoms. The molecule has 3 amide bonds. The van der Waals surface area contributed by atoms with E-state index >= 15 is 0 Å². The van der Waals surface area contributed by atoms with Crippen LogP contribution in [-0.2, 0) is 11.3 Å². The highest BCUT2D eigenvalue weighted by molar-refractivity contribution is 6.30. The van der Waals surface area contributed by atoms with Crippen LogP contribution in [0.25, 0.3) is 0 Å². The van der Waals surface area contributed by atoms with Gasteiger partial charge in [0.25, 0.3) is 5.91 Å². The van der Waals surface area contributed by atoms with Crippen LogP contribution >= 0.6 is 11.6 Å². The van der Waals surface area contributed by atoms with Crippen LogP contribution in [0.15, 0.2) is 24.3 Å². The third kappa shape index (κ3) is 6.46. The number of urea groups is 1. The first-order chi connectivity index (χ1) is 9.92. The number of hydrogen-bond acceptors (Lipinski definition) is 3. The molecule has 116 valence electrons. The van der Waals surface area contributed by atoms with Gasteiger partial charge in [-0.15, -0.1) is 0 Å². The normalized spacial score (nSPS) is 11.9. The maximum absolute atomic E-state index is 11.8. The Morgan fingerprint density at radius 2 is 2.05 bits per heavy atom. The molecule has 7 heteroatoms. The molecule has 0 saturated heterocycles. The van der Waals surface area contributed by atoms with Gasteiger partial charge in [-0.3, -0.25) is 10.0 Å². The van der Waals surface area contributed by atoms with Gasteiger partial charge in [0.1, 0.15) is 6.04 Å². The summed E-state index contributed by atoms with van der Waals surface area (Å²) in [5.74, 6) is -0.442. The molecule has 0 aliphatic carbocycles. The second-order valence-electron chi connectivity index (χ2n) is 5.12.